The van der Waals surface area contributed by atoms with Crippen LogP contribution in [0.25, 0.3) is 11.4 Å². The predicted molar refractivity (Wildman–Crippen MR) is 53.3 cm³/mol. The van der Waals surface area contributed by atoms with Crippen molar-refractivity contribution in [2.75, 3.05) is 0 Å². The lowest BCUT2D eigenvalue weighted by atomic mass is 10.2. The van der Waals surface area contributed by atoms with Crippen molar-refractivity contribution in [2.45, 2.75) is 0 Å². The highest BCUT2D eigenvalue weighted by Crippen LogP contribution is 2.12. The van der Waals surface area contributed by atoms with E-state index in [1.54, 1.807) is 24.4 Å². The Labute approximate surface area is 86.6 Å². The van der Waals surface area contributed by atoms with Gasteiger partial charge in [-0.1, -0.05) is 6.07 Å². The Balaban J connectivity index is 2.58. The summed E-state index contributed by atoms with van der Waals surface area (Å²) in [6.45, 7) is 0. The summed E-state index contributed by atoms with van der Waals surface area (Å²) < 4.78 is 0.698. The number of rotatable bonds is 1. The molecule has 2 rings (SSSR count). The average molecular weight is 197 g/mol. The Kier molecular flexibility index (Phi) is 2.30. The predicted octanol–water partition coefficient (Wildman–Crippen LogP) is 1.25. The lowest BCUT2D eigenvalue weighted by Crippen LogP contribution is -2.28. The minimum atomic E-state index is 0.384. The van der Waals surface area contributed by atoms with Crippen molar-refractivity contribution in [2.24, 2.45) is 0 Å². The molecule has 0 amide bonds. The largest absolute Gasteiger partial charge is 0.618 e. The van der Waals surface area contributed by atoms with Crippen LogP contribution in [-0.4, -0.2) is 4.98 Å². The molecular weight excluding hydrogens is 190 g/mol. The maximum atomic E-state index is 11.5. The van der Waals surface area contributed by atoms with E-state index in [1.807, 2.05) is 6.07 Å². The molecule has 0 unspecified atom stereocenters. The van der Waals surface area contributed by atoms with E-state index in [4.69, 9.17) is 5.26 Å². The molecule has 0 saturated carbocycles. The molecule has 0 aliphatic carbocycles. The zero-order chi connectivity index (χ0) is 10.7. The molecule has 2 aromatic rings. The number of hydrogen-bond donors (Lipinski definition) is 0. The maximum Gasteiger partial charge on any atom is 0.243 e. The zero-order valence-corrected chi connectivity index (χ0v) is 7.79. The van der Waals surface area contributed by atoms with Gasteiger partial charge in [0.1, 0.15) is 5.69 Å². The van der Waals surface area contributed by atoms with Crippen molar-refractivity contribution in [1.29, 1.82) is 5.26 Å². The average Bonchev–Trinajstić information content (AvgIpc) is 2.31. The minimum Gasteiger partial charge on any atom is -0.618 e. The highest BCUT2D eigenvalue weighted by atomic mass is 16.5. The van der Waals surface area contributed by atoms with Crippen LogP contribution in [-0.2, 0) is 0 Å². The first-order chi connectivity index (χ1) is 7.31. The van der Waals surface area contributed by atoms with Crippen LogP contribution in [0.3, 0.4) is 0 Å². The van der Waals surface area contributed by atoms with Crippen molar-refractivity contribution in [3.63, 3.8) is 0 Å². The lowest BCUT2D eigenvalue weighted by Gasteiger charge is -2.02. The highest BCUT2D eigenvalue weighted by Gasteiger charge is 2.10. The number of pyridine rings is 2. The number of nitrogens with zero attached hydrogens (tertiary/aromatic N) is 3. The van der Waals surface area contributed by atoms with Gasteiger partial charge in [0, 0.05) is 18.3 Å². The fraction of sp³-hybridized carbons (Fsp3) is 0. The topological polar surface area (TPSA) is 63.6 Å². The molecule has 0 atom stereocenters. The SMILES string of the molecule is N#Cc1cc[n+]([O-])c(-c2ccccn2)c1. The molecule has 2 aromatic heterocycles. The summed E-state index contributed by atoms with van der Waals surface area (Å²) in [5.74, 6) is 0. The third-order valence-corrected chi connectivity index (χ3v) is 1.98. The van der Waals surface area contributed by atoms with Gasteiger partial charge < -0.3 is 5.21 Å². The van der Waals surface area contributed by atoms with Crippen LogP contribution in [0.2, 0.25) is 0 Å². The first kappa shape index (κ1) is 9.16. The quantitative estimate of drug-likeness (QED) is 0.510. The Morgan fingerprint density at radius 1 is 1.33 bits per heavy atom. The highest BCUT2D eigenvalue weighted by molar-refractivity contribution is 5.52. The van der Waals surface area contributed by atoms with Crippen molar-refractivity contribution in [3.05, 3.63) is 53.5 Å². The Bertz CT molecular complexity index is 517. The summed E-state index contributed by atoms with van der Waals surface area (Å²) in [5.41, 5.74) is 1.39. The van der Waals surface area contributed by atoms with E-state index in [0.717, 1.165) is 0 Å². The van der Waals surface area contributed by atoms with Crippen LogP contribution in [0.1, 0.15) is 5.56 Å². The van der Waals surface area contributed by atoms with Crippen LogP contribution >= 0.6 is 0 Å². The van der Waals surface area contributed by atoms with Crippen molar-refractivity contribution < 1.29 is 4.73 Å². The fourth-order valence-electron chi connectivity index (χ4n) is 1.26. The number of nitriles is 1. The molecule has 0 fully saturated rings. The van der Waals surface area contributed by atoms with Crippen LogP contribution < -0.4 is 4.73 Å². The van der Waals surface area contributed by atoms with Crippen LogP contribution in [0, 0.1) is 16.5 Å². The minimum absolute atomic E-state index is 0.384. The van der Waals surface area contributed by atoms with E-state index in [2.05, 4.69) is 4.98 Å². The van der Waals surface area contributed by atoms with E-state index in [9.17, 15) is 5.21 Å². The van der Waals surface area contributed by atoms with Crippen LogP contribution in [0.15, 0.2) is 42.7 Å². The van der Waals surface area contributed by atoms with Crippen molar-refractivity contribution >= 4 is 0 Å². The first-order valence-corrected chi connectivity index (χ1v) is 4.36. The van der Waals surface area contributed by atoms with Gasteiger partial charge in [-0.25, -0.2) is 4.98 Å². The number of aromatic nitrogens is 2. The smallest absolute Gasteiger partial charge is 0.243 e. The van der Waals surface area contributed by atoms with E-state index in [0.29, 0.717) is 21.7 Å². The molecule has 2 heterocycles. The summed E-state index contributed by atoms with van der Waals surface area (Å²) in [6.07, 6.45) is 2.91. The molecular formula is C11H7N3O. The van der Waals surface area contributed by atoms with E-state index < -0.39 is 0 Å². The molecule has 15 heavy (non-hydrogen) atoms. The van der Waals surface area contributed by atoms with Gasteiger partial charge in [-0.2, -0.15) is 9.99 Å². The zero-order valence-electron chi connectivity index (χ0n) is 7.79. The third-order valence-electron chi connectivity index (χ3n) is 1.98. The van der Waals surface area contributed by atoms with Gasteiger partial charge >= 0.3 is 0 Å². The molecule has 4 heteroatoms. The van der Waals surface area contributed by atoms with Crippen molar-refractivity contribution in [1.82, 2.24) is 4.98 Å². The third kappa shape index (κ3) is 1.76. The second kappa shape index (κ2) is 3.76. The Hall–Kier alpha value is -2.41. The molecule has 0 aromatic carbocycles. The van der Waals surface area contributed by atoms with Gasteiger partial charge in [-0.05, 0) is 12.1 Å². The summed E-state index contributed by atoms with van der Waals surface area (Å²) in [5, 5.41) is 20.2. The molecule has 0 bridgehead atoms. The van der Waals surface area contributed by atoms with E-state index in [-0.39, 0.29) is 0 Å². The fourth-order valence-corrected chi connectivity index (χ4v) is 1.26. The summed E-state index contributed by atoms with van der Waals surface area (Å²) >= 11 is 0. The normalized spacial score (nSPS) is 9.53. The Morgan fingerprint density at radius 2 is 2.20 bits per heavy atom. The lowest BCUT2D eigenvalue weighted by molar-refractivity contribution is -0.593. The molecule has 0 saturated heterocycles. The molecule has 0 radical (unpaired) electrons. The standard InChI is InChI=1S/C11H7N3O/c12-8-9-4-6-14(15)11(7-9)10-3-1-2-5-13-10/h1-7H. The van der Waals surface area contributed by atoms with E-state index in [1.165, 1.54) is 18.3 Å². The molecule has 72 valence electrons. The Morgan fingerprint density at radius 3 is 2.87 bits per heavy atom. The van der Waals surface area contributed by atoms with E-state index >= 15 is 0 Å². The maximum absolute atomic E-state index is 11.5. The molecule has 0 aliphatic heterocycles. The second-order valence-corrected chi connectivity index (χ2v) is 2.95. The van der Waals surface area contributed by atoms with Gasteiger partial charge in [0.2, 0.25) is 5.69 Å². The monoisotopic (exact) mass is 197 g/mol. The number of hydrogen-bond acceptors (Lipinski definition) is 3. The summed E-state index contributed by atoms with van der Waals surface area (Å²) in [4.78, 5) is 4.05. The second-order valence-electron chi connectivity index (χ2n) is 2.95. The van der Waals surface area contributed by atoms with Gasteiger partial charge in [0.25, 0.3) is 0 Å². The van der Waals surface area contributed by atoms with Crippen LogP contribution in [0.5, 0.6) is 0 Å². The van der Waals surface area contributed by atoms with Gasteiger partial charge in [0.15, 0.2) is 6.20 Å². The summed E-state index contributed by atoms with van der Waals surface area (Å²) in [6, 6.07) is 10.3. The van der Waals surface area contributed by atoms with Gasteiger partial charge in [0.05, 0.1) is 11.6 Å². The summed E-state index contributed by atoms with van der Waals surface area (Å²) in [7, 11) is 0. The van der Waals surface area contributed by atoms with Gasteiger partial charge in [-0.15, -0.1) is 0 Å². The first-order valence-electron chi connectivity index (χ1n) is 4.36. The molecule has 0 aliphatic rings. The van der Waals surface area contributed by atoms with Crippen LogP contribution in [0.4, 0.5) is 0 Å². The van der Waals surface area contributed by atoms with Crippen molar-refractivity contribution in [3.8, 4) is 17.5 Å². The molecule has 0 N–H and O–H groups in total. The molecule has 0 spiro atoms. The molecule has 4 nitrogen and oxygen atoms in total. The van der Waals surface area contributed by atoms with Gasteiger partial charge in [-0.3, -0.25) is 0 Å².